The average Bonchev–Trinajstić information content (AvgIpc) is 3.08. The highest BCUT2D eigenvalue weighted by atomic mass is 16.6. The van der Waals surface area contributed by atoms with Crippen molar-refractivity contribution in [2.45, 2.75) is 19.8 Å². The van der Waals surface area contributed by atoms with E-state index in [1.807, 2.05) is 25.1 Å². The molecule has 0 atom stereocenters. The summed E-state index contributed by atoms with van der Waals surface area (Å²) in [5.74, 6) is 0. The highest BCUT2D eigenvalue weighted by molar-refractivity contribution is 5.83. The summed E-state index contributed by atoms with van der Waals surface area (Å²) in [4.78, 5) is 17.4. The van der Waals surface area contributed by atoms with E-state index in [9.17, 15) is 10.1 Å². The van der Waals surface area contributed by atoms with Gasteiger partial charge in [-0.15, -0.1) is 0 Å². The summed E-state index contributed by atoms with van der Waals surface area (Å²) in [6.45, 7) is 4.06. The molecule has 118 valence electrons. The molecule has 0 radical (unpaired) electrons. The Bertz CT molecular complexity index is 732. The van der Waals surface area contributed by atoms with E-state index in [-0.39, 0.29) is 5.69 Å². The first-order chi connectivity index (χ1) is 11.1. The van der Waals surface area contributed by atoms with E-state index in [0.717, 1.165) is 24.2 Å². The lowest BCUT2D eigenvalue weighted by molar-refractivity contribution is -0.384. The molecule has 0 bridgehead atoms. The first kappa shape index (κ1) is 15.2. The minimum absolute atomic E-state index is 0.0370. The molecule has 1 heterocycles. The molecule has 0 amide bonds. The molecule has 1 aliphatic heterocycles. The standard InChI is InChI=1S/C18H19N3O2/c1-14-4-9-17(18(12-14)21(22)23)19-13-15-5-7-16(8-6-15)20-10-2-3-11-20/h4-9,12-13H,2-3,10-11H2,1H3. The number of hydrogen-bond acceptors (Lipinski definition) is 4. The Kier molecular flexibility index (Phi) is 4.37. The SMILES string of the molecule is Cc1ccc(N=Cc2ccc(N3CCCC3)cc2)c([N+](=O)[O-])c1. The van der Waals surface area contributed by atoms with Crippen molar-refractivity contribution in [2.75, 3.05) is 18.0 Å². The molecule has 23 heavy (non-hydrogen) atoms. The van der Waals surface area contributed by atoms with Gasteiger partial charge in [0.15, 0.2) is 0 Å². The summed E-state index contributed by atoms with van der Waals surface area (Å²) in [7, 11) is 0. The van der Waals surface area contributed by atoms with Crippen molar-refractivity contribution in [1.82, 2.24) is 0 Å². The number of hydrogen-bond donors (Lipinski definition) is 0. The maximum absolute atomic E-state index is 11.1. The number of nitro groups is 1. The van der Waals surface area contributed by atoms with Crippen LogP contribution in [-0.2, 0) is 0 Å². The van der Waals surface area contributed by atoms with Crippen LogP contribution in [0.25, 0.3) is 0 Å². The lowest BCUT2D eigenvalue weighted by Gasteiger charge is -2.17. The highest BCUT2D eigenvalue weighted by Crippen LogP contribution is 2.28. The van der Waals surface area contributed by atoms with Crippen molar-refractivity contribution < 1.29 is 4.92 Å². The first-order valence-electron chi connectivity index (χ1n) is 7.77. The molecule has 2 aromatic rings. The lowest BCUT2D eigenvalue weighted by atomic mass is 10.2. The Balaban J connectivity index is 1.79. The van der Waals surface area contributed by atoms with Crippen LogP contribution in [0.3, 0.4) is 0 Å². The monoisotopic (exact) mass is 309 g/mol. The number of benzene rings is 2. The van der Waals surface area contributed by atoms with Gasteiger partial charge in [-0.3, -0.25) is 10.1 Å². The zero-order valence-corrected chi connectivity index (χ0v) is 13.1. The van der Waals surface area contributed by atoms with Crippen LogP contribution in [0.4, 0.5) is 17.1 Å². The molecule has 3 rings (SSSR count). The third kappa shape index (κ3) is 3.56. The van der Waals surface area contributed by atoms with Crippen LogP contribution in [0.15, 0.2) is 47.5 Å². The molecule has 2 aromatic carbocycles. The van der Waals surface area contributed by atoms with Gasteiger partial charge < -0.3 is 4.90 Å². The van der Waals surface area contributed by atoms with Gasteiger partial charge in [0.05, 0.1) is 4.92 Å². The van der Waals surface area contributed by atoms with E-state index in [4.69, 9.17) is 0 Å². The number of nitro benzene ring substituents is 1. The van der Waals surface area contributed by atoms with E-state index in [0.29, 0.717) is 5.69 Å². The van der Waals surface area contributed by atoms with E-state index in [2.05, 4.69) is 22.0 Å². The quantitative estimate of drug-likeness (QED) is 0.482. The fourth-order valence-electron chi connectivity index (χ4n) is 2.78. The molecule has 0 saturated carbocycles. The number of anilines is 1. The summed E-state index contributed by atoms with van der Waals surface area (Å²) in [5.41, 5.74) is 3.42. The predicted molar refractivity (Wildman–Crippen MR) is 93.0 cm³/mol. The largest absolute Gasteiger partial charge is 0.372 e. The van der Waals surface area contributed by atoms with Gasteiger partial charge in [-0.1, -0.05) is 18.2 Å². The Morgan fingerprint density at radius 3 is 2.48 bits per heavy atom. The molecule has 0 aliphatic carbocycles. The van der Waals surface area contributed by atoms with Gasteiger partial charge in [0.2, 0.25) is 0 Å². The van der Waals surface area contributed by atoms with Crippen LogP contribution in [-0.4, -0.2) is 24.2 Å². The number of aliphatic imine (C=N–C) groups is 1. The number of aryl methyl sites for hydroxylation is 1. The van der Waals surface area contributed by atoms with Crippen LogP contribution in [0.5, 0.6) is 0 Å². The molecular formula is C18H19N3O2. The Morgan fingerprint density at radius 2 is 1.83 bits per heavy atom. The summed E-state index contributed by atoms with van der Waals surface area (Å²) in [5, 5.41) is 11.1. The minimum atomic E-state index is -0.393. The molecule has 1 fully saturated rings. The maximum atomic E-state index is 11.1. The molecule has 1 aliphatic rings. The third-order valence-electron chi connectivity index (χ3n) is 4.04. The normalized spacial score (nSPS) is 14.6. The predicted octanol–water partition coefficient (Wildman–Crippen LogP) is 4.25. The zero-order chi connectivity index (χ0) is 16.2. The van der Waals surface area contributed by atoms with Crippen LogP contribution < -0.4 is 4.90 Å². The molecule has 5 nitrogen and oxygen atoms in total. The minimum Gasteiger partial charge on any atom is -0.372 e. The number of rotatable bonds is 4. The summed E-state index contributed by atoms with van der Waals surface area (Å²) in [6.07, 6.45) is 4.17. The molecule has 5 heteroatoms. The second-order valence-corrected chi connectivity index (χ2v) is 5.79. The third-order valence-corrected chi connectivity index (χ3v) is 4.04. The van der Waals surface area contributed by atoms with E-state index < -0.39 is 4.92 Å². The van der Waals surface area contributed by atoms with E-state index >= 15 is 0 Å². The molecule has 0 N–H and O–H groups in total. The van der Waals surface area contributed by atoms with Gasteiger partial charge in [0.1, 0.15) is 5.69 Å². The van der Waals surface area contributed by atoms with Crippen molar-refractivity contribution in [3.05, 3.63) is 63.7 Å². The average molecular weight is 309 g/mol. The van der Waals surface area contributed by atoms with Crippen molar-refractivity contribution in [1.29, 1.82) is 0 Å². The second-order valence-electron chi connectivity index (χ2n) is 5.79. The Hall–Kier alpha value is -2.69. The van der Waals surface area contributed by atoms with Gasteiger partial charge in [-0.05, 0) is 49.1 Å². The summed E-state index contributed by atoms with van der Waals surface area (Å²) >= 11 is 0. The van der Waals surface area contributed by atoms with E-state index in [1.54, 1.807) is 18.3 Å². The Morgan fingerprint density at radius 1 is 1.13 bits per heavy atom. The lowest BCUT2D eigenvalue weighted by Crippen LogP contribution is -2.17. The Labute approximate surface area is 135 Å². The van der Waals surface area contributed by atoms with Crippen LogP contribution in [0.2, 0.25) is 0 Å². The van der Waals surface area contributed by atoms with Crippen molar-refractivity contribution in [3.8, 4) is 0 Å². The molecule has 0 aromatic heterocycles. The summed E-state index contributed by atoms with van der Waals surface area (Å²) in [6, 6.07) is 13.2. The molecular weight excluding hydrogens is 290 g/mol. The topological polar surface area (TPSA) is 58.7 Å². The van der Waals surface area contributed by atoms with Gasteiger partial charge >= 0.3 is 0 Å². The zero-order valence-electron chi connectivity index (χ0n) is 13.1. The van der Waals surface area contributed by atoms with Crippen LogP contribution >= 0.6 is 0 Å². The van der Waals surface area contributed by atoms with Gasteiger partial charge in [0.25, 0.3) is 5.69 Å². The fraction of sp³-hybridized carbons (Fsp3) is 0.278. The van der Waals surface area contributed by atoms with Gasteiger partial charge in [0, 0.05) is 31.1 Å². The highest BCUT2D eigenvalue weighted by Gasteiger charge is 2.13. The maximum Gasteiger partial charge on any atom is 0.295 e. The number of nitrogens with zero attached hydrogens (tertiary/aromatic N) is 3. The van der Waals surface area contributed by atoms with Crippen LogP contribution in [0, 0.1) is 17.0 Å². The first-order valence-corrected chi connectivity index (χ1v) is 7.77. The van der Waals surface area contributed by atoms with E-state index in [1.165, 1.54) is 18.5 Å². The molecule has 0 spiro atoms. The van der Waals surface area contributed by atoms with Crippen LogP contribution in [0.1, 0.15) is 24.0 Å². The summed E-state index contributed by atoms with van der Waals surface area (Å²) < 4.78 is 0. The molecule has 0 unspecified atom stereocenters. The fourth-order valence-corrected chi connectivity index (χ4v) is 2.78. The van der Waals surface area contributed by atoms with Gasteiger partial charge in [-0.2, -0.15) is 0 Å². The second kappa shape index (κ2) is 6.60. The molecule has 1 saturated heterocycles. The smallest absolute Gasteiger partial charge is 0.295 e. The van der Waals surface area contributed by atoms with Crippen molar-refractivity contribution in [2.24, 2.45) is 4.99 Å². The van der Waals surface area contributed by atoms with Crippen molar-refractivity contribution in [3.63, 3.8) is 0 Å². The van der Waals surface area contributed by atoms with Crippen molar-refractivity contribution >= 4 is 23.3 Å². The van der Waals surface area contributed by atoms with Gasteiger partial charge in [-0.25, -0.2) is 4.99 Å².